The fraction of sp³-hybridized carbons (Fsp3) is 0.500. The number of rotatable bonds is 5. The fourth-order valence-corrected chi connectivity index (χ4v) is 3.24. The number of hydrogen-bond acceptors (Lipinski definition) is 3. The minimum absolute atomic E-state index is 0.0721. The first-order valence-electron chi connectivity index (χ1n) is 6.08. The molecule has 4 heteroatoms. The average molecular weight is 268 g/mol. The van der Waals surface area contributed by atoms with E-state index in [4.69, 9.17) is 0 Å². The van der Waals surface area contributed by atoms with Crippen molar-refractivity contribution in [2.24, 2.45) is 0 Å². The predicted octanol–water partition coefficient (Wildman–Crippen LogP) is 2.62. The molecule has 0 aromatic heterocycles. The fourth-order valence-electron chi connectivity index (χ4n) is 1.92. The van der Waals surface area contributed by atoms with Gasteiger partial charge in [-0.15, -0.1) is 0 Å². The van der Waals surface area contributed by atoms with Crippen molar-refractivity contribution in [2.45, 2.75) is 34.1 Å². The molecule has 18 heavy (non-hydrogen) atoms. The van der Waals surface area contributed by atoms with Crippen LogP contribution < -0.4 is 0 Å². The van der Waals surface area contributed by atoms with E-state index in [2.05, 4.69) is 0 Å². The van der Waals surface area contributed by atoms with Gasteiger partial charge in [-0.05, 0) is 49.9 Å². The molecule has 3 nitrogen and oxygen atoms in total. The smallest absolute Gasteiger partial charge is 0.178 e. The molecule has 0 aliphatic heterocycles. The van der Waals surface area contributed by atoms with E-state index in [9.17, 15) is 13.2 Å². The zero-order chi connectivity index (χ0) is 13.9. The molecule has 0 heterocycles. The number of carbonyl (C=O) groups is 1. The van der Waals surface area contributed by atoms with Crippen LogP contribution >= 0.6 is 0 Å². The third kappa shape index (κ3) is 3.67. The molecule has 1 aromatic rings. The Morgan fingerprint density at radius 1 is 1.06 bits per heavy atom. The molecular formula is C14H20O3S. The summed E-state index contributed by atoms with van der Waals surface area (Å²) in [6, 6.07) is 3.71. The zero-order valence-electron chi connectivity index (χ0n) is 11.4. The molecule has 0 fully saturated rings. The minimum Gasteiger partial charge on any atom is -0.293 e. The molecule has 0 spiro atoms. The molecule has 0 atom stereocenters. The highest BCUT2D eigenvalue weighted by Crippen LogP contribution is 2.16. The van der Waals surface area contributed by atoms with Crippen molar-refractivity contribution in [3.63, 3.8) is 0 Å². The monoisotopic (exact) mass is 268 g/mol. The Balaban J connectivity index is 3.02. The van der Waals surface area contributed by atoms with Crippen molar-refractivity contribution in [3.8, 4) is 0 Å². The van der Waals surface area contributed by atoms with E-state index in [0.29, 0.717) is 12.0 Å². The summed E-state index contributed by atoms with van der Waals surface area (Å²) < 4.78 is 23.3. The van der Waals surface area contributed by atoms with Gasteiger partial charge in [-0.2, -0.15) is 0 Å². The molecule has 0 radical (unpaired) electrons. The summed E-state index contributed by atoms with van der Waals surface area (Å²) in [5, 5.41) is 0. The summed E-state index contributed by atoms with van der Waals surface area (Å²) >= 11 is 0. The molecule has 1 rings (SSSR count). The van der Waals surface area contributed by atoms with Crippen molar-refractivity contribution < 1.29 is 13.2 Å². The van der Waals surface area contributed by atoms with E-state index in [-0.39, 0.29) is 17.3 Å². The second-order valence-corrected chi connectivity index (χ2v) is 6.95. The van der Waals surface area contributed by atoms with E-state index in [1.807, 2.05) is 26.8 Å². The van der Waals surface area contributed by atoms with Gasteiger partial charge in [0.2, 0.25) is 0 Å². The molecule has 0 saturated carbocycles. The van der Waals surface area contributed by atoms with Crippen LogP contribution in [-0.4, -0.2) is 25.7 Å². The lowest BCUT2D eigenvalue weighted by Gasteiger charge is -2.09. The van der Waals surface area contributed by atoms with Gasteiger partial charge in [0.25, 0.3) is 0 Å². The normalized spacial score (nSPS) is 11.6. The third-order valence-corrected chi connectivity index (χ3v) is 4.74. The maximum atomic E-state index is 12.0. The quantitative estimate of drug-likeness (QED) is 0.771. The number of carbonyl (C=O) groups excluding carboxylic acids is 1. The van der Waals surface area contributed by atoms with Gasteiger partial charge < -0.3 is 0 Å². The van der Waals surface area contributed by atoms with E-state index < -0.39 is 9.84 Å². The van der Waals surface area contributed by atoms with Gasteiger partial charge in [0, 0.05) is 5.56 Å². The van der Waals surface area contributed by atoms with Crippen molar-refractivity contribution in [2.75, 3.05) is 11.5 Å². The summed E-state index contributed by atoms with van der Waals surface area (Å²) in [6.07, 6.45) is 0.543. The van der Waals surface area contributed by atoms with Crippen LogP contribution in [0.2, 0.25) is 0 Å². The highest BCUT2D eigenvalue weighted by Gasteiger charge is 2.19. The van der Waals surface area contributed by atoms with E-state index in [0.717, 1.165) is 16.7 Å². The summed E-state index contributed by atoms with van der Waals surface area (Å²) in [5.74, 6) is -0.614. The van der Waals surface area contributed by atoms with Crippen molar-refractivity contribution in [1.82, 2.24) is 0 Å². The Kier molecular flexibility index (Phi) is 4.68. The van der Waals surface area contributed by atoms with Crippen molar-refractivity contribution >= 4 is 15.6 Å². The van der Waals surface area contributed by atoms with Crippen LogP contribution in [0.5, 0.6) is 0 Å². The molecular weight excluding hydrogens is 248 g/mol. The maximum Gasteiger partial charge on any atom is 0.178 e. The Morgan fingerprint density at radius 3 is 2.17 bits per heavy atom. The average Bonchev–Trinajstić information content (AvgIpc) is 2.22. The molecule has 0 saturated heterocycles. The van der Waals surface area contributed by atoms with Crippen LogP contribution in [0.25, 0.3) is 0 Å². The van der Waals surface area contributed by atoms with Gasteiger partial charge in [-0.25, -0.2) is 8.42 Å². The lowest BCUT2D eigenvalue weighted by molar-refractivity contribution is 0.102. The first-order chi connectivity index (χ1) is 8.26. The molecule has 100 valence electrons. The zero-order valence-corrected chi connectivity index (χ0v) is 12.2. The standard InChI is InChI=1S/C14H20O3S/c1-5-6-18(16,17)9-14(15)13-8-11(3)10(2)7-12(13)4/h7-8H,5-6,9H2,1-4H3. The third-order valence-electron chi connectivity index (χ3n) is 3.01. The SMILES string of the molecule is CCCS(=O)(=O)CC(=O)c1cc(C)c(C)cc1C. The van der Waals surface area contributed by atoms with Gasteiger partial charge in [0.15, 0.2) is 15.6 Å². The largest absolute Gasteiger partial charge is 0.293 e. The minimum atomic E-state index is -3.27. The van der Waals surface area contributed by atoms with Gasteiger partial charge in [0.05, 0.1) is 5.75 Å². The number of sulfone groups is 1. The van der Waals surface area contributed by atoms with Crippen molar-refractivity contribution in [1.29, 1.82) is 0 Å². The summed E-state index contributed by atoms with van der Waals surface area (Å²) in [6.45, 7) is 7.53. The number of hydrogen-bond donors (Lipinski definition) is 0. The van der Waals surface area contributed by atoms with Crippen LogP contribution in [0, 0.1) is 20.8 Å². The molecule has 0 aliphatic rings. The molecule has 0 N–H and O–H groups in total. The lowest BCUT2D eigenvalue weighted by atomic mass is 9.99. The maximum absolute atomic E-state index is 12.0. The molecule has 0 bridgehead atoms. The number of ketones is 1. The van der Waals surface area contributed by atoms with E-state index in [1.54, 1.807) is 13.0 Å². The van der Waals surface area contributed by atoms with Gasteiger partial charge in [-0.3, -0.25) is 4.79 Å². The van der Waals surface area contributed by atoms with E-state index in [1.165, 1.54) is 0 Å². The first kappa shape index (κ1) is 14.9. The predicted molar refractivity (Wildman–Crippen MR) is 73.9 cm³/mol. The van der Waals surface area contributed by atoms with Crippen LogP contribution in [0.1, 0.15) is 40.4 Å². The number of benzene rings is 1. The van der Waals surface area contributed by atoms with Crippen LogP contribution in [-0.2, 0) is 9.84 Å². The Labute approximate surface area is 109 Å². The molecule has 0 unspecified atom stereocenters. The highest BCUT2D eigenvalue weighted by molar-refractivity contribution is 7.92. The first-order valence-corrected chi connectivity index (χ1v) is 7.90. The Hall–Kier alpha value is -1.16. The molecule has 1 aromatic carbocycles. The second kappa shape index (κ2) is 5.65. The lowest BCUT2D eigenvalue weighted by Crippen LogP contribution is -2.19. The van der Waals surface area contributed by atoms with Gasteiger partial charge >= 0.3 is 0 Å². The van der Waals surface area contributed by atoms with Gasteiger partial charge in [0.1, 0.15) is 5.75 Å². The summed E-state index contributed by atoms with van der Waals surface area (Å²) in [7, 11) is -3.27. The summed E-state index contributed by atoms with van der Waals surface area (Å²) in [5.41, 5.74) is 3.49. The molecule has 0 aliphatic carbocycles. The Morgan fingerprint density at radius 2 is 1.61 bits per heavy atom. The van der Waals surface area contributed by atoms with Crippen LogP contribution in [0.4, 0.5) is 0 Å². The molecule has 0 amide bonds. The topological polar surface area (TPSA) is 51.2 Å². The van der Waals surface area contributed by atoms with E-state index >= 15 is 0 Å². The van der Waals surface area contributed by atoms with Gasteiger partial charge in [-0.1, -0.05) is 13.0 Å². The second-order valence-electron chi connectivity index (χ2n) is 4.77. The number of Topliss-reactive ketones (excluding diaryl/α,β-unsaturated/α-hetero) is 1. The Bertz CT molecular complexity index is 557. The summed E-state index contributed by atoms with van der Waals surface area (Å²) in [4.78, 5) is 12.0. The van der Waals surface area contributed by atoms with Crippen molar-refractivity contribution in [3.05, 3.63) is 34.4 Å². The van der Waals surface area contributed by atoms with Crippen LogP contribution in [0.3, 0.4) is 0 Å². The highest BCUT2D eigenvalue weighted by atomic mass is 32.2. The van der Waals surface area contributed by atoms with Crippen LogP contribution in [0.15, 0.2) is 12.1 Å². The number of aryl methyl sites for hydroxylation is 3.